The molecule has 1 saturated heterocycles. The van der Waals surface area contributed by atoms with Crippen LogP contribution in [0.5, 0.6) is 0 Å². The van der Waals surface area contributed by atoms with Crippen molar-refractivity contribution in [3.63, 3.8) is 0 Å². The minimum atomic E-state index is 0.570. The largest absolute Gasteiger partial charge is 0.354 e. The summed E-state index contributed by atoms with van der Waals surface area (Å²) < 4.78 is 1.95. The minimum absolute atomic E-state index is 0.570. The van der Waals surface area contributed by atoms with Gasteiger partial charge in [0.2, 0.25) is 0 Å². The second kappa shape index (κ2) is 4.94. The summed E-state index contributed by atoms with van der Waals surface area (Å²) >= 11 is 0. The first kappa shape index (κ1) is 13.0. The molecule has 3 heterocycles. The van der Waals surface area contributed by atoms with E-state index in [1.54, 1.807) is 0 Å². The Morgan fingerprint density at radius 3 is 2.86 bits per heavy atom. The van der Waals surface area contributed by atoms with E-state index in [2.05, 4.69) is 40.0 Å². The van der Waals surface area contributed by atoms with Gasteiger partial charge in [-0.25, -0.2) is 0 Å². The van der Waals surface area contributed by atoms with Gasteiger partial charge in [-0.05, 0) is 45.0 Å². The number of rotatable bonds is 4. The Hall–Kier alpha value is -1.69. The molecular weight excluding hydrogens is 264 g/mol. The quantitative estimate of drug-likeness (QED) is 0.853. The fraction of sp³-hybridized carbons (Fsp3) is 0.667. The zero-order chi connectivity index (χ0) is 14.4. The molecule has 0 aromatic carbocycles. The summed E-state index contributed by atoms with van der Waals surface area (Å²) in [6.45, 7) is 5.45. The first-order valence-electron chi connectivity index (χ1n) is 7.94. The smallest absolute Gasteiger partial charge is 0.178 e. The lowest BCUT2D eigenvalue weighted by Gasteiger charge is -2.23. The Morgan fingerprint density at radius 2 is 2.10 bits per heavy atom. The van der Waals surface area contributed by atoms with Gasteiger partial charge in [-0.3, -0.25) is 0 Å². The number of fused-ring (bicyclic) bond motifs is 1. The average molecular weight is 286 g/mol. The fourth-order valence-electron chi connectivity index (χ4n) is 3.13. The third-order valence-electron chi connectivity index (χ3n) is 4.82. The molecule has 1 aliphatic heterocycles. The molecular formula is C15H22N6. The molecule has 4 rings (SSSR count). The third-order valence-corrected chi connectivity index (χ3v) is 4.82. The van der Waals surface area contributed by atoms with Crippen LogP contribution in [0, 0.1) is 0 Å². The molecule has 0 spiro atoms. The van der Waals surface area contributed by atoms with Crippen molar-refractivity contribution < 1.29 is 0 Å². The summed E-state index contributed by atoms with van der Waals surface area (Å²) in [5.41, 5.74) is 0.863. The molecule has 6 nitrogen and oxygen atoms in total. The minimum Gasteiger partial charge on any atom is -0.354 e. The highest BCUT2D eigenvalue weighted by Crippen LogP contribution is 2.38. The van der Waals surface area contributed by atoms with Gasteiger partial charge < -0.3 is 9.80 Å². The van der Waals surface area contributed by atoms with Crippen molar-refractivity contribution in [3.05, 3.63) is 18.0 Å². The van der Waals surface area contributed by atoms with E-state index in [4.69, 9.17) is 5.10 Å². The van der Waals surface area contributed by atoms with E-state index in [-0.39, 0.29) is 0 Å². The maximum atomic E-state index is 4.80. The molecule has 0 amide bonds. The number of hydrogen-bond acceptors (Lipinski definition) is 5. The Labute approximate surface area is 124 Å². The molecule has 2 aromatic heterocycles. The van der Waals surface area contributed by atoms with Crippen LogP contribution in [0.4, 0.5) is 5.82 Å². The van der Waals surface area contributed by atoms with Crippen LogP contribution in [-0.2, 0) is 0 Å². The van der Waals surface area contributed by atoms with Crippen LogP contribution in [0.2, 0.25) is 0 Å². The summed E-state index contributed by atoms with van der Waals surface area (Å²) in [5.74, 6) is 2.66. The van der Waals surface area contributed by atoms with Crippen LogP contribution in [0.25, 0.3) is 5.65 Å². The molecule has 2 aliphatic rings. The predicted octanol–water partition coefficient (Wildman–Crippen LogP) is 1.53. The topological polar surface area (TPSA) is 49.6 Å². The first-order chi connectivity index (χ1) is 10.3. The Morgan fingerprint density at radius 1 is 1.24 bits per heavy atom. The van der Waals surface area contributed by atoms with Crippen molar-refractivity contribution >= 4 is 11.5 Å². The fourth-order valence-corrected chi connectivity index (χ4v) is 3.13. The summed E-state index contributed by atoms with van der Waals surface area (Å²) in [4.78, 5) is 4.81. The summed E-state index contributed by atoms with van der Waals surface area (Å²) in [5, 5.41) is 13.3. The highest BCUT2D eigenvalue weighted by Gasteiger charge is 2.30. The maximum absolute atomic E-state index is 4.80. The molecule has 6 heteroatoms. The molecule has 1 atom stereocenters. The van der Waals surface area contributed by atoms with Crippen LogP contribution in [-0.4, -0.2) is 57.4 Å². The van der Waals surface area contributed by atoms with Crippen molar-refractivity contribution in [1.29, 1.82) is 0 Å². The molecule has 2 aromatic rings. The van der Waals surface area contributed by atoms with Crippen molar-refractivity contribution in [2.45, 2.75) is 38.1 Å². The van der Waals surface area contributed by atoms with Crippen LogP contribution in [0.3, 0.4) is 0 Å². The normalized spacial score (nSPS) is 22.6. The van der Waals surface area contributed by atoms with Crippen LogP contribution >= 0.6 is 0 Å². The van der Waals surface area contributed by atoms with Gasteiger partial charge in [-0.15, -0.1) is 15.3 Å². The van der Waals surface area contributed by atoms with Crippen molar-refractivity contribution in [1.82, 2.24) is 24.7 Å². The van der Waals surface area contributed by atoms with Crippen LogP contribution in [0.15, 0.2) is 12.1 Å². The van der Waals surface area contributed by atoms with Gasteiger partial charge in [0.25, 0.3) is 0 Å². The van der Waals surface area contributed by atoms with Crippen molar-refractivity contribution in [2.24, 2.45) is 0 Å². The van der Waals surface area contributed by atoms with Gasteiger partial charge in [0.1, 0.15) is 5.82 Å². The number of hydrogen-bond donors (Lipinski definition) is 0. The number of aromatic nitrogens is 4. The van der Waals surface area contributed by atoms with Crippen LogP contribution < -0.4 is 4.90 Å². The number of likely N-dealkylation sites (N-methyl/N-ethyl adjacent to an activating group) is 1. The standard InChI is InChI=1S/C15H22N6/c1-3-19(2)12-8-9-20(10-12)14-7-6-13-16-17-15(11-4-5-11)21(13)18-14/h6-7,11-12H,3-5,8-10H2,1-2H3. The van der Waals surface area contributed by atoms with Crippen molar-refractivity contribution in [2.75, 3.05) is 31.6 Å². The molecule has 0 bridgehead atoms. The lowest BCUT2D eigenvalue weighted by Crippen LogP contribution is -2.34. The summed E-state index contributed by atoms with van der Waals surface area (Å²) in [6.07, 6.45) is 3.65. The van der Waals surface area contributed by atoms with Crippen LogP contribution in [0.1, 0.15) is 37.9 Å². The highest BCUT2D eigenvalue weighted by atomic mass is 15.4. The summed E-state index contributed by atoms with van der Waals surface area (Å²) in [7, 11) is 2.20. The lowest BCUT2D eigenvalue weighted by atomic mass is 10.2. The van der Waals surface area contributed by atoms with Gasteiger partial charge in [0.05, 0.1) is 0 Å². The van der Waals surface area contributed by atoms with E-state index in [0.29, 0.717) is 12.0 Å². The second-order valence-electron chi connectivity index (χ2n) is 6.26. The van der Waals surface area contributed by atoms with Gasteiger partial charge in [0.15, 0.2) is 11.5 Å². The monoisotopic (exact) mass is 286 g/mol. The molecule has 0 N–H and O–H groups in total. The Balaban J connectivity index is 1.60. The predicted molar refractivity (Wildman–Crippen MR) is 81.7 cm³/mol. The SMILES string of the molecule is CCN(C)C1CCN(c2ccc3nnc(C4CC4)n3n2)C1. The van der Waals surface area contributed by atoms with E-state index in [0.717, 1.165) is 36.9 Å². The van der Waals surface area contributed by atoms with E-state index < -0.39 is 0 Å². The Bertz CT molecular complexity index is 647. The average Bonchev–Trinajstić information content (AvgIpc) is 3.09. The third kappa shape index (κ3) is 2.27. The van der Waals surface area contributed by atoms with E-state index >= 15 is 0 Å². The molecule has 21 heavy (non-hydrogen) atoms. The zero-order valence-electron chi connectivity index (χ0n) is 12.7. The van der Waals surface area contributed by atoms with E-state index in [1.807, 2.05) is 10.6 Å². The van der Waals surface area contributed by atoms with E-state index in [1.165, 1.54) is 19.3 Å². The van der Waals surface area contributed by atoms with Crippen molar-refractivity contribution in [3.8, 4) is 0 Å². The molecule has 0 radical (unpaired) electrons. The van der Waals surface area contributed by atoms with Gasteiger partial charge in [-0.2, -0.15) is 4.52 Å². The molecule has 1 saturated carbocycles. The maximum Gasteiger partial charge on any atom is 0.178 e. The molecule has 1 aliphatic carbocycles. The molecule has 2 fully saturated rings. The number of anilines is 1. The van der Waals surface area contributed by atoms with Gasteiger partial charge in [-0.1, -0.05) is 6.92 Å². The summed E-state index contributed by atoms with van der Waals surface area (Å²) in [6, 6.07) is 4.75. The lowest BCUT2D eigenvalue weighted by molar-refractivity contribution is 0.272. The Kier molecular flexibility index (Phi) is 3.06. The highest BCUT2D eigenvalue weighted by molar-refractivity contribution is 5.47. The van der Waals surface area contributed by atoms with E-state index in [9.17, 15) is 0 Å². The molecule has 112 valence electrons. The second-order valence-corrected chi connectivity index (χ2v) is 6.26. The first-order valence-corrected chi connectivity index (χ1v) is 7.94. The van der Waals surface area contributed by atoms with Gasteiger partial charge >= 0.3 is 0 Å². The molecule has 1 unspecified atom stereocenters. The number of nitrogens with zero attached hydrogens (tertiary/aromatic N) is 6. The zero-order valence-corrected chi connectivity index (χ0v) is 12.7. The van der Waals surface area contributed by atoms with Gasteiger partial charge in [0, 0.05) is 25.0 Å².